The third-order valence-electron chi connectivity index (χ3n) is 2.15. The number of esters is 1. The Morgan fingerprint density at radius 2 is 2.20 bits per heavy atom. The summed E-state index contributed by atoms with van der Waals surface area (Å²) >= 11 is 0. The number of benzene rings is 1. The van der Waals surface area contributed by atoms with Crippen LogP contribution in [0.3, 0.4) is 0 Å². The molecular weight excluding hydrogens is 190 g/mol. The zero-order valence-corrected chi connectivity index (χ0v) is 9.46. The van der Waals surface area contributed by atoms with Crippen LogP contribution in [0.4, 0.5) is 5.69 Å². The molecule has 3 nitrogen and oxygen atoms in total. The number of nitrogens with one attached hydrogen (secondary N) is 1. The van der Waals surface area contributed by atoms with E-state index in [9.17, 15) is 4.79 Å². The maximum absolute atomic E-state index is 11.5. The summed E-state index contributed by atoms with van der Waals surface area (Å²) < 4.78 is 4.73. The Morgan fingerprint density at radius 3 is 2.80 bits per heavy atom. The molecule has 15 heavy (non-hydrogen) atoms. The summed E-state index contributed by atoms with van der Waals surface area (Å²) in [4.78, 5) is 11.5. The molecule has 1 N–H and O–H groups in total. The molecule has 0 radical (unpaired) electrons. The second-order valence-electron chi connectivity index (χ2n) is 3.47. The van der Waals surface area contributed by atoms with E-state index in [0.717, 1.165) is 24.2 Å². The Balaban J connectivity index is 2.97. The highest BCUT2D eigenvalue weighted by atomic mass is 16.5. The van der Waals surface area contributed by atoms with Crippen molar-refractivity contribution < 1.29 is 9.53 Å². The minimum absolute atomic E-state index is 0.294. The molecule has 0 bridgehead atoms. The second kappa shape index (κ2) is 5.39. The van der Waals surface area contributed by atoms with E-state index in [1.807, 2.05) is 25.1 Å². The Labute approximate surface area is 90.4 Å². The summed E-state index contributed by atoms with van der Waals surface area (Å²) in [7, 11) is 1.40. The smallest absolute Gasteiger partial charge is 0.339 e. The second-order valence-corrected chi connectivity index (χ2v) is 3.47. The number of hydrogen-bond acceptors (Lipinski definition) is 3. The van der Waals surface area contributed by atoms with Gasteiger partial charge in [0.1, 0.15) is 0 Å². The highest BCUT2D eigenvalue weighted by molar-refractivity contribution is 5.95. The highest BCUT2D eigenvalue weighted by Gasteiger charge is 2.11. The molecular formula is C12H17NO2. The van der Waals surface area contributed by atoms with Gasteiger partial charge in [0, 0.05) is 12.2 Å². The zero-order chi connectivity index (χ0) is 11.3. The predicted octanol–water partition coefficient (Wildman–Crippen LogP) is 2.60. The lowest BCUT2D eigenvalue weighted by molar-refractivity contribution is 0.0601. The standard InChI is InChI=1S/C12H17NO2/c1-4-7-13-11-6-5-9(2)8-10(11)12(14)15-3/h5-6,8,13H,4,7H2,1-3H3. The first kappa shape index (κ1) is 11.6. The van der Waals surface area contributed by atoms with Gasteiger partial charge >= 0.3 is 5.97 Å². The van der Waals surface area contributed by atoms with Crippen LogP contribution in [0.15, 0.2) is 18.2 Å². The Bertz CT molecular complexity index is 347. The van der Waals surface area contributed by atoms with E-state index in [-0.39, 0.29) is 5.97 Å². The number of carbonyl (C=O) groups is 1. The van der Waals surface area contributed by atoms with Crippen LogP contribution in [0.5, 0.6) is 0 Å². The lowest BCUT2D eigenvalue weighted by Crippen LogP contribution is -2.09. The van der Waals surface area contributed by atoms with Crippen LogP contribution in [0.2, 0.25) is 0 Å². The van der Waals surface area contributed by atoms with Gasteiger partial charge in [-0.25, -0.2) is 4.79 Å². The van der Waals surface area contributed by atoms with Crippen LogP contribution < -0.4 is 5.32 Å². The number of aryl methyl sites for hydroxylation is 1. The van der Waals surface area contributed by atoms with Crippen molar-refractivity contribution >= 4 is 11.7 Å². The first-order valence-corrected chi connectivity index (χ1v) is 5.12. The van der Waals surface area contributed by atoms with Gasteiger partial charge in [0.2, 0.25) is 0 Å². The van der Waals surface area contributed by atoms with E-state index < -0.39 is 0 Å². The third-order valence-corrected chi connectivity index (χ3v) is 2.15. The van der Waals surface area contributed by atoms with Gasteiger partial charge in [-0.2, -0.15) is 0 Å². The molecule has 0 saturated heterocycles. The molecule has 0 aliphatic heterocycles. The molecule has 0 spiro atoms. The van der Waals surface area contributed by atoms with E-state index in [4.69, 9.17) is 4.74 Å². The average molecular weight is 207 g/mol. The number of rotatable bonds is 4. The molecule has 3 heteroatoms. The van der Waals surface area contributed by atoms with Crippen molar-refractivity contribution in [1.29, 1.82) is 0 Å². The lowest BCUT2D eigenvalue weighted by Gasteiger charge is -2.10. The quantitative estimate of drug-likeness (QED) is 0.771. The largest absolute Gasteiger partial charge is 0.465 e. The molecule has 0 atom stereocenters. The van der Waals surface area contributed by atoms with Crippen LogP contribution in [0.1, 0.15) is 29.3 Å². The number of anilines is 1. The molecule has 1 aromatic rings. The molecule has 0 amide bonds. The summed E-state index contributed by atoms with van der Waals surface area (Å²) in [5.41, 5.74) is 2.50. The van der Waals surface area contributed by atoms with Gasteiger partial charge in [0.05, 0.1) is 12.7 Å². The maximum atomic E-state index is 11.5. The molecule has 0 unspecified atom stereocenters. The molecule has 0 fully saturated rings. The van der Waals surface area contributed by atoms with Crippen molar-refractivity contribution in [3.05, 3.63) is 29.3 Å². The topological polar surface area (TPSA) is 38.3 Å². The summed E-state index contributed by atoms with van der Waals surface area (Å²) in [6, 6.07) is 5.73. The molecule has 1 aromatic carbocycles. The Hall–Kier alpha value is -1.51. The van der Waals surface area contributed by atoms with Crippen LogP contribution in [-0.4, -0.2) is 19.6 Å². The Kier molecular flexibility index (Phi) is 4.16. The summed E-state index contributed by atoms with van der Waals surface area (Å²) in [6.45, 7) is 4.89. The van der Waals surface area contributed by atoms with Gasteiger partial charge in [0.25, 0.3) is 0 Å². The summed E-state index contributed by atoms with van der Waals surface area (Å²) in [5, 5.41) is 3.20. The Morgan fingerprint density at radius 1 is 1.47 bits per heavy atom. The van der Waals surface area contributed by atoms with Crippen molar-refractivity contribution in [3.8, 4) is 0 Å². The van der Waals surface area contributed by atoms with Crippen molar-refractivity contribution in [2.24, 2.45) is 0 Å². The van der Waals surface area contributed by atoms with Gasteiger partial charge in [-0.1, -0.05) is 18.6 Å². The van der Waals surface area contributed by atoms with Gasteiger partial charge < -0.3 is 10.1 Å². The van der Waals surface area contributed by atoms with E-state index in [1.165, 1.54) is 7.11 Å². The number of methoxy groups -OCH3 is 1. The zero-order valence-electron chi connectivity index (χ0n) is 9.46. The van der Waals surface area contributed by atoms with Crippen molar-refractivity contribution in [3.63, 3.8) is 0 Å². The van der Waals surface area contributed by atoms with Gasteiger partial charge in [-0.3, -0.25) is 0 Å². The van der Waals surface area contributed by atoms with Gasteiger partial charge in [-0.05, 0) is 25.5 Å². The first-order chi connectivity index (χ1) is 7.19. The lowest BCUT2D eigenvalue weighted by atomic mass is 10.1. The predicted molar refractivity (Wildman–Crippen MR) is 61.3 cm³/mol. The number of hydrogen-bond donors (Lipinski definition) is 1. The average Bonchev–Trinajstić information content (AvgIpc) is 2.26. The van der Waals surface area contributed by atoms with Crippen LogP contribution in [-0.2, 0) is 4.74 Å². The van der Waals surface area contributed by atoms with Gasteiger partial charge in [0.15, 0.2) is 0 Å². The van der Waals surface area contributed by atoms with Crippen molar-refractivity contribution in [2.45, 2.75) is 20.3 Å². The van der Waals surface area contributed by atoms with Crippen molar-refractivity contribution in [2.75, 3.05) is 19.0 Å². The monoisotopic (exact) mass is 207 g/mol. The molecule has 0 aromatic heterocycles. The minimum atomic E-state index is -0.294. The molecule has 0 saturated carbocycles. The first-order valence-electron chi connectivity index (χ1n) is 5.12. The summed E-state index contributed by atoms with van der Waals surface area (Å²) in [5.74, 6) is -0.294. The molecule has 0 aliphatic rings. The fourth-order valence-electron chi connectivity index (χ4n) is 1.35. The molecule has 1 rings (SSSR count). The van der Waals surface area contributed by atoms with Gasteiger partial charge in [-0.15, -0.1) is 0 Å². The fourth-order valence-corrected chi connectivity index (χ4v) is 1.35. The van der Waals surface area contributed by atoms with Crippen molar-refractivity contribution in [1.82, 2.24) is 0 Å². The molecule has 82 valence electrons. The van der Waals surface area contributed by atoms with Crippen LogP contribution in [0.25, 0.3) is 0 Å². The minimum Gasteiger partial charge on any atom is -0.465 e. The van der Waals surface area contributed by atoms with Crippen LogP contribution >= 0.6 is 0 Å². The van der Waals surface area contributed by atoms with Crippen LogP contribution in [0, 0.1) is 6.92 Å². The number of carbonyl (C=O) groups excluding carboxylic acids is 1. The molecule has 0 aliphatic carbocycles. The number of ether oxygens (including phenoxy) is 1. The summed E-state index contributed by atoms with van der Waals surface area (Å²) in [6.07, 6.45) is 1.02. The van der Waals surface area contributed by atoms with E-state index >= 15 is 0 Å². The maximum Gasteiger partial charge on any atom is 0.339 e. The normalized spacial score (nSPS) is 9.80. The fraction of sp³-hybridized carbons (Fsp3) is 0.417. The third kappa shape index (κ3) is 2.98. The van der Waals surface area contributed by atoms with E-state index in [2.05, 4.69) is 12.2 Å². The van der Waals surface area contributed by atoms with E-state index in [1.54, 1.807) is 0 Å². The SMILES string of the molecule is CCCNc1ccc(C)cc1C(=O)OC. The van der Waals surface area contributed by atoms with E-state index in [0.29, 0.717) is 5.56 Å². The molecule has 0 heterocycles. The highest BCUT2D eigenvalue weighted by Crippen LogP contribution is 2.18.